The van der Waals surface area contributed by atoms with Gasteiger partial charge in [-0.05, 0) is 29.8 Å². The minimum atomic E-state index is -4.55. The maximum Gasteiger partial charge on any atom is 0.416 e. The fourth-order valence-electron chi connectivity index (χ4n) is 2.70. The van der Waals surface area contributed by atoms with Crippen LogP contribution in [-0.4, -0.2) is 19.3 Å². The number of benzene rings is 2. The zero-order chi connectivity index (χ0) is 20.7. The van der Waals surface area contributed by atoms with Gasteiger partial charge < -0.3 is 10.7 Å². The molecule has 1 heterocycles. The Kier molecular flexibility index (Phi) is 5.13. The van der Waals surface area contributed by atoms with Crippen LogP contribution in [-0.2, 0) is 22.7 Å². The van der Waals surface area contributed by atoms with Crippen LogP contribution in [0.4, 0.5) is 13.2 Å². The van der Waals surface area contributed by atoms with Gasteiger partial charge in [-0.2, -0.15) is 13.2 Å². The van der Waals surface area contributed by atoms with Crippen molar-refractivity contribution < 1.29 is 26.4 Å². The number of amides is 1. The Hall–Kier alpha value is -2.56. The molecule has 0 aliphatic heterocycles. The second kappa shape index (κ2) is 7.12. The second-order valence-corrected chi connectivity index (χ2v) is 8.05. The predicted molar refractivity (Wildman–Crippen MR) is 97.3 cm³/mol. The highest BCUT2D eigenvalue weighted by molar-refractivity contribution is 7.89. The number of carbonyl (C=O) groups excluding carboxylic acids is 1. The molecule has 6 nitrogen and oxygen atoms in total. The molecule has 0 spiro atoms. The summed E-state index contributed by atoms with van der Waals surface area (Å²) in [7, 11) is -4.30. The van der Waals surface area contributed by atoms with Crippen LogP contribution in [0, 0.1) is 0 Å². The van der Waals surface area contributed by atoms with Gasteiger partial charge in [-0.25, -0.2) is 13.1 Å². The predicted octanol–water partition coefficient (Wildman–Crippen LogP) is 3.42. The molecule has 0 radical (unpaired) electrons. The highest BCUT2D eigenvalue weighted by atomic mass is 35.5. The number of hydrogen-bond donors (Lipinski definition) is 3. The fraction of sp³-hybridized carbons (Fsp3) is 0.118. The molecule has 0 saturated carbocycles. The number of hydrogen-bond acceptors (Lipinski definition) is 3. The van der Waals surface area contributed by atoms with E-state index in [1.165, 1.54) is 30.3 Å². The molecule has 3 rings (SSSR count). The number of primary amides is 1. The minimum Gasteiger partial charge on any atom is -0.364 e. The highest BCUT2D eigenvalue weighted by Gasteiger charge is 2.31. The van der Waals surface area contributed by atoms with Crippen LogP contribution in [0.15, 0.2) is 47.4 Å². The quantitative estimate of drug-likeness (QED) is 0.576. The number of carbonyl (C=O) groups is 1. The average Bonchev–Trinajstić information content (AvgIpc) is 2.99. The van der Waals surface area contributed by atoms with Crippen LogP contribution < -0.4 is 10.5 Å². The molecule has 2 aromatic carbocycles. The molecular weight excluding hydrogens is 419 g/mol. The lowest BCUT2D eigenvalue weighted by molar-refractivity contribution is -0.137. The lowest BCUT2D eigenvalue weighted by Crippen LogP contribution is -2.26. The van der Waals surface area contributed by atoms with E-state index in [1.54, 1.807) is 0 Å². The number of nitrogens with two attached hydrogens (primary N) is 1. The number of rotatable bonds is 5. The third-order valence-corrected chi connectivity index (χ3v) is 5.67. The number of nitrogens with one attached hydrogen (secondary N) is 2. The van der Waals surface area contributed by atoms with E-state index < -0.39 is 39.1 Å². The van der Waals surface area contributed by atoms with E-state index in [1.807, 2.05) is 0 Å². The van der Waals surface area contributed by atoms with Gasteiger partial charge in [0.1, 0.15) is 10.6 Å². The third kappa shape index (κ3) is 3.98. The van der Waals surface area contributed by atoms with Crippen LogP contribution in [0.2, 0.25) is 5.02 Å². The number of sulfonamides is 1. The number of fused-ring (bicyclic) bond motifs is 1. The molecule has 3 aromatic rings. The molecule has 0 bridgehead atoms. The van der Waals surface area contributed by atoms with Crippen molar-refractivity contribution in [1.82, 2.24) is 9.71 Å². The van der Waals surface area contributed by atoms with Crippen molar-refractivity contribution in [3.05, 3.63) is 64.3 Å². The molecule has 1 amide bonds. The first-order chi connectivity index (χ1) is 13.0. The van der Waals surface area contributed by atoms with Crippen molar-refractivity contribution in [1.29, 1.82) is 0 Å². The number of alkyl halides is 3. The summed E-state index contributed by atoms with van der Waals surface area (Å²) < 4.78 is 66.2. The van der Waals surface area contributed by atoms with Crippen molar-refractivity contribution in [2.75, 3.05) is 0 Å². The van der Waals surface area contributed by atoms with Crippen molar-refractivity contribution in [2.45, 2.75) is 17.6 Å². The standard InChI is InChI=1S/C17H13ClF3N3O3S/c18-11-4-5-13-12(7-11)15(14(24-13)16(22)25)28(26,27)23-8-9-2-1-3-10(6-9)17(19,20)21/h1-7,23-24H,8H2,(H2,22,25). The number of aromatic nitrogens is 1. The maximum atomic E-state index is 12.8. The number of H-pyrrole nitrogens is 1. The first-order valence-electron chi connectivity index (χ1n) is 7.76. The van der Waals surface area contributed by atoms with Crippen molar-refractivity contribution in [3.8, 4) is 0 Å². The summed E-state index contributed by atoms with van der Waals surface area (Å²) in [6.07, 6.45) is -4.55. The topological polar surface area (TPSA) is 105 Å². The first-order valence-corrected chi connectivity index (χ1v) is 9.62. The minimum absolute atomic E-state index is 0.0944. The molecule has 11 heteroatoms. The fourth-order valence-corrected chi connectivity index (χ4v) is 4.25. The van der Waals surface area contributed by atoms with Crippen molar-refractivity contribution >= 4 is 38.4 Å². The Bertz CT molecular complexity index is 1170. The normalized spacial score (nSPS) is 12.4. The van der Waals surface area contributed by atoms with Crippen LogP contribution in [0.1, 0.15) is 21.6 Å². The second-order valence-electron chi connectivity index (χ2n) is 5.91. The lowest BCUT2D eigenvalue weighted by atomic mass is 10.1. The van der Waals surface area contributed by atoms with Crippen LogP contribution in [0.25, 0.3) is 10.9 Å². The molecule has 4 N–H and O–H groups in total. The first kappa shape index (κ1) is 20.2. The molecule has 28 heavy (non-hydrogen) atoms. The highest BCUT2D eigenvalue weighted by Crippen LogP contribution is 2.31. The molecule has 0 aliphatic carbocycles. The van der Waals surface area contributed by atoms with E-state index in [4.69, 9.17) is 17.3 Å². The van der Waals surface area contributed by atoms with Crippen LogP contribution >= 0.6 is 11.6 Å². The maximum absolute atomic E-state index is 12.8. The molecule has 0 unspecified atom stereocenters. The van der Waals surface area contributed by atoms with Gasteiger partial charge in [-0.3, -0.25) is 4.79 Å². The Morgan fingerprint density at radius 3 is 2.54 bits per heavy atom. The zero-order valence-electron chi connectivity index (χ0n) is 14.0. The third-order valence-electron chi connectivity index (χ3n) is 3.95. The molecule has 1 aromatic heterocycles. The Balaban J connectivity index is 1.99. The summed E-state index contributed by atoms with van der Waals surface area (Å²) in [5.74, 6) is -1.01. The summed E-state index contributed by atoms with van der Waals surface area (Å²) in [5.41, 5.74) is 4.42. The summed E-state index contributed by atoms with van der Waals surface area (Å²) in [6.45, 7) is -0.419. The summed E-state index contributed by atoms with van der Waals surface area (Å²) >= 11 is 5.91. The van der Waals surface area contributed by atoms with E-state index in [0.29, 0.717) is 5.52 Å². The summed E-state index contributed by atoms with van der Waals surface area (Å²) in [4.78, 5) is 13.9. The van der Waals surface area contributed by atoms with Gasteiger partial charge in [0.2, 0.25) is 10.0 Å². The van der Waals surface area contributed by atoms with Crippen LogP contribution in [0.3, 0.4) is 0 Å². The van der Waals surface area contributed by atoms with E-state index >= 15 is 0 Å². The Labute approximate surface area is 162 Å². The van der Waals surface area contributed by atoms with Gasteiger partial charge in [0.15, 0.2) is 0 Å². The van der Waals surface area contributed by atoms with Crippen molar-refractivity contribution in [3.63, 3.8) is 0 Å². The Morgan fingerprint density at radius 2 is 1.89 bits per heavy atom. The van der Waals surface area contributed by atoms with Gasteiger partial charge in [-0.15, -0.1) is 0 Å². The van der Waals surface area contributed by atoms with Gasteiger partial charge in [-0.1, -0.05) is 29.8 Å². The van der Waals surface area contributed by atoms with E-state index in [2.05, 4.69) is 9.71 Å². The van der Waals surface area contributed by atoms with Crippen LogP contribution in [0.5, 0.6) is 0 Å². The molecule has 148 valence electrons. The molecular formula is C17H13ClF3N3O3S. The number of aromatic amines is 1. The molecule has 0 saturated heterocycles. The lowest BCUT2D eigenvalue weighted by Gasteiger charge is -2.10. The van der Waals surface area contributed by atoms with Gasteiger partial charge in [0.05, 0.1) is 5.56 Å². The largest absolute Gasteiger partial charge is 0.416 e. The average molecular weight is 432 g/mol. The molecule has 0 fully saturated rings. The van der Waals surface area contributed by atoms with Gasteiger partial charge in [0.25, 0.3) is 5.91 Å². The van der Waals surface area contributed by atoms with Gasteiger partial charge in [0, 0.05) is 22.5 Å². The van der Waals surface area contributed by atoms with E-state index in [9.17, 15) is 26.4 Å². The Morgan fingerprint density at radius 1 is 1.18 bits per heavy atom. The molecule has 0 aliphatic rings. The monoisotopic (exact) mass is 431 g/mol. The van der Waals surface area contributed by atoms with E-state index in [0.717, 1.165) is 12.1 Å². The smallest absolute Gasteiger partial charge is 0.364 e. The zero-order valence-corrected chi connectivity index (χ0v) is 15.5. The summed E-state index contributed by atoms with van der Waals surface area (Å²) in [5, 5.41) is 0.370. The number of halogens is 4. The molecule has 0 atom stereocenters. The summed E-state index contributed by atoms with van der Waals surface area (Å²) in [6, 6.07) is 8.56. The SMILES string of the molecule is NC(=O)c1[nH]c2ccc(Cl)cc2c1S(=O)(=O)NCc1cccc(C(F)(F)F)c1. The van der Waals surface area contributed by atoms with Gasteiger partial charge >= 0.3 is 6.18 Å². The van der Waals surface area contributed by atoms with Crippen molar-refractivity contribution in [2.24, 2.45) is 5.73 Å². The van der Waals surface area contributed by atoms with E-state index in [-0.39, 0.29) is 21.7 Å².